The van der Waals surface area contributed by atoms with Gasteiger partial charge in [-0.15, -0.1) is 0 Å². The SMILES string of the molecule is CCO[Si](CC#P=O)(OCC)OCC. The Balaban J connectivity index is 4.49. The summed E-state index contributed by atoms with van der Waals surface area (Å²) in [6, 6.07) is 0.369. The van der Waals surface area contributed by atoms with Gasteiger partial charge >= 0.3 is 86.8 Å². The molecule has 0 saturated carbocycles. The van der Waals surface area contributed by atoms with Gasteiger partial charge in [0.25, 0.3) is 0 Å². The first kappa shape index (κ1) is 14.1. The molecular formula is C8H17O4PSi. The summed E-state index contributed by atoms with van der Waals surface area (Å²) in [5.74, 6) is 0. The number of hydrogen-bond acceptors (Lipinski definition) is 4. The van der Waals surface area contributed by atoms with E-state index in [0.717, 1.165) is 0 Å². The van der Waals surface area contributed by atoms with Gasteiger partial charge in [-0.1, -0.05) is 0 Å². The van der Waals surface area contributed by atoms with E-state index in [1.807, 2.05) is 20.8 Å². The van der Waals surface area contributed by atoms with Crippen LogP contribution in [0.25, 0.3) is 0 Å². The predicted molar refractivity (Wildman–Crippen MR) is 56.9 cm³/mol. The zero-order chi connectivity index (χ0) is 10.9. The van der Waals surface area contributed by atoms with Crippen LogP contribution in [0.4, 0.5) is 0 Å². The fourth-order valence-corrected chi connectivity index (χ4v) is 3.98. The molecule has 0 aromatic carbocycles. The van der Waals surface area contributed by atoms with E-state index in [0.29, 0.717) is 25.9 Å². The van der Waals surface area contributed by atoms with Crippen molar-refractivity contribution in [1.29, 1.82) is 0 Å². The zero-order valence-electron chi connectivity index (χ0n) is 8.91. The van der Waals surface area contributed by atoms with Crippen molar-refractivity contribution >= 4 is 16.7 Å². The first-order valence-electron chi connectivity index (χ1n) is 4.71. The molecule has 0 bridgehead atoms. The zero-order valence-corrected chi connectivity index (χ0v) is 10.8. The molecule has 0 unspecified atom stereocenters. The summed E-state index contributed by atoms with van der Waals surface area (Å²) >= 11 is 0. The van der Waals surface area contributed by atoms with Crippen LogP contribution in [0.3, 0.4) is 0 Å². The minimum atomic E-state index is -2.63. The molecule has 0 rings (SSSR count). The van der Waals surface area contributed by atoms with Crippen molar-refractivity contribution in [1.82, 2.24) is 0 Å². The molecule has 0 aliphatic heterocycles. The second-order valence-electron chi connectivity index (χ2n) is 2.41. The van der Waals surface area contributed by atoms with Crippen molar-refractivity contribution in [2.45, 2.75) is 26.8 Å². The van der Waals surface area contributed by atoms with E-state index in [9.17, 15) is 4.57 Å². The second-order valence-corrected chi connectivity index (χ2v) is 5.49. The number of rotatable bonds is 7. The third-order valence-corrected chi connectivity index (χ3v) is 4.83. The maximum absolute atomic E-state index is 10.3. The fraction of sp³-hybridized carbons (Fsp3) is 0.875. The Morgan fingerprint density at radius 3 is 1.79 bits per heavy atom. The molecule has 0 radical (unpaired) electrons. The molecule has 0 aliphatic rings. The van der Waals surface area contributed by atoms with Crippen LogP contribution >= 0.6 is 7.92 Å². The normalized spacial score (nSPS) is 11.1. The molecule has 0 spiro atoms. The first-order valence-corrected chi connectivity index (χ1v) is 7.46. The van der Waals surface area contributed by atoms with Crippen molar-refractivity contribution in [2.75, 3.05) is 19.8 Å². The van der Waals surface area contributed by atoms with Gasteiger partial charge in [0.2, 0.25) is 0 Å². The molecule has 0 aromatic heterocycles. The summed E-state index contributed by atoms with van der Waals surface area (Å²) in [5, 5.41) is 0. The molecule has 0 heterocycles. The van der Waals surface area contributed by atoms with Gasteiger partial charge in [0, 0.05) is 0 Å². The molecule has 6 heteroatoms. The first-order chi connectivity index (χ1) is 6.74. The summed E-state index contributed by atoms with van der Waals surface area (Å²) in [6.45, 7) is 7.25. The van der Waals surface area contributed by atoms with E-state index < -0.39 is 8.80 Å². The van der Waals surface area contributed by atoms with Crippen molar-refractivity contribution in [3.05, 3.63) is 0 Å². The molecule has 14 heavy (non-hydrogen) atoms. The van der Waals surface area contributed by atoms with E-state index in [1.54, 1.807) is 0 Å². The topological polar surface area (TPSA) is 44.8 Å². The summed E-state index contributed by atoms with van der Waals surface area (Å²) < 4.78 is 26.8. The van der Waals surface area contributed by atoms with E-state index in [2.05, 4.69) is 5.63 Å². The fourth-order valence-electron chi connectivity index (χ4n) is 1.07. The summed E-state index contributed by atoms with van der Waals surface area (Å²) in [5.41, 5.74) is 2.65. The van der Waals surface area contributed by atoms with Gasteiger partial charge < -0.3 is 0 Å². The van der Waals surface area contributed by atoms with Crippen LogP contribution in [0.5, 0.6) is 0 Å². The average molecular weight is 236 g/mol. The van der Waals surface area contributed by atoms with E-state index in [4.69, 9.17) is 13.3 Å². The molecule has 0 N–H and O–H groups in total. The minimum absolute atomic E-state index is 0.130. The van der Waals surface area contributed by atoms with E-state index in [1.165, 1.54) is 0 Å². The molecule has 4 nitrogen and oxygen atoms in total. The van der Waals surface area contributed by atoms with Crippen LogP contribution in [0, 0.1) is 5.63 Å². The standard InChI is InChI=1S/C8H17O4PSi/c1-4-10-14(11-5-2,12-6-3)8-7-13-9/h4-6,8H2,1-3H3. The Labute approximate surface area is 87.4 Å². The van der Waals surface area contributed by atoms with Gasteiger partial charge in [0.15, 0.2) is 0 Å². The molecule has 0 amide bonds. The summed E-state index contributed by atoms with van der Waals surface area (Å²) in [4.78, 5) is 0. The predicted octanol–water partition coefficient (Wildman–Crippen LogP) is 2.29. The molecule has 0 aliphatic carbocycles. The van der Waals surface area contributed by atoms with Crippen LogP contribution in [0.15, 0.2) is 0 Å². The third kappa shape index (κ3) is 5.10. The van der Waals surface area contributed by atoms with Crippen LogP contribution in [-0.4, -0.2) is 28.6 Å². The van der Waals surface area contributed by atoms with Crippen LogP contribution < -0.4 is 0 Å². The summed E-state index contributed by atoms with van der Waals surface area (Å²) in [7, 11) is -2.76. The Morgan fingerprint density at radius 1 is 1.07 bits per heavy atom. The van der Waals surface area contributed by atoms with E-state index in [-0.39, 0.29) is 7.92 Å². The molecule has 0 aromatic rings. The molecule has 0 fully saturated rings. The van der Waals surface area contributed by atoms with Gasteiger partial charge in [-0.05, 0) is 0 Å². The Morgan fingerprint density at radius 2 is 1.50 bits per heavy atom. The van der Waals surface area contributed by atoms with Gasteiger partial charge in [-0.2, -0.15) is 0 Å². The average Bonchev–Trinajstić information content (AvgIpc) is 2.16. The van der Waals surface area contributed by atoms with E-state index >= 15 is 0 Å². The monoisotopic (exact) mass is 236 g/mol. The van der Waals surface area contributed by atoms with Gasteiger partial charge in [0.1, 0.15) is 0 Å². The number of hydrogen-bond donors (Lipinski definition) is 0. The van der Waals surface area contributed by atoms with Crippen molar-refractivity contribution in [3.8, 4) is 5.63 Å². The quantitative estimate of drug-likeness (QED) is 0.502. The van der Waals surface area contributed by atoms with Crippen LogP contribution in [0.1, 0.15) is 20.8 Å². The molecule has 0 saturated heterocycles. The van der Waals surface area contributed by atoms with Crippen LogP contribution in [0.2, 0.25) is 6.04 Å². The summed E-state index contributed by atoms with van der Waals surface area (Å²) in [6.07, 6.45) is 0. The van der Waals surface area contributed by atoms with Crippen molar-refractivity contribution in [3.63, 3.8) is 0 Å². The van der Waals surface area contributed by atoms with Crippen LogP contribution in [-0.2, 0) is 17.8 Å². The Kier molecular flexibility index (Phi) is 8.48. The Hall–Kier alpha value is 0.107. The molecule has 82 valence electrons. The maximum atomic E-state index is 10.3. The second kappa shape index (κ2) is 8.42. The van der Waals surface area contributed by atoms with Crippen molar-refractivity contribution < 1.29 is 17.8 Å². The van der Waals surface area contributed by atoms with Crippen molar-refractivity contribution in [2.24, 2.45) is 0 Å². The third-order valence-electron chi connectivity index (χ3n) is 1.45. The van der Waals surface area contributed by atoms with Gasteiger partial charge in [0.05, 0.1) is 0 Å². The molecular weight excluding hydrogens is 219 g/mol. The van der Waals surface area contributed by atoms with Gasteiger partial charge in [-0.3, -0.25) is 0 Å². The van der Waals surface area contributed by atoms with Gasteiger partial charge in [-0.25, -0.2) is 0 Å². The Bertz CT molecular complexity index is 222. The molecule has 0 atom stereocenters.